The summed E-state index contributed by atoms with van der Waals surface area (Å²) in [6, 6.07) is 13.2. The Bertz CT molecular complexity index is 940. The Labute approximate surface area is 199 Å². The van der Waals surface area contributed by atoms with E-state index in [1.807, 2.05) is 56.3 Å². The highest BCUT2D eigenvalue weighted by Gasteiger charge is 2.28. The quantitative estimate of drug-likeness (QED) is 0.534. The predicted molar refractivity (Wildman–Crippen MR) is 131 cm³/mol. The van der Waals surface area contributed by atoms with E-state index in [0.717, 1.165) is 46.8 Å². The van der Waals surface area contributed by atoms with Crippen LogP contribution in [0.25, 0.3) is 0 Å². The fourth-order valence-corrected chi connectivity index (χ4v) is 4.53. The van der Waals surface area contributed by atoms with E-state index in [2.05, 4.69) is 21.2 Å². The summed E-state index contributed by atoms with van der Waals surface area (Å²) in [6.07, 6.45) is 5.53. The molecule has 2 aromatic carbocycles. The maximum Gasteiger partial charge on any atom is 0.261 e. The van der Waals surface area contributed by atoms with Crippen molar-refractivity contribution in [2.24, 2.45) is 0 Å². The van der Waals surface area contributed by atoms with Crippen LogP contribution in [0.4, 0.5) is 0 Å². The Morgan fingerprint density at radius 1 is 1.12 bits per heavy atom. The van der Waals surface area contributed by atoms with Gasteiger partial charge in [0.05, 0.1) is 0 Å². The van der Waals surface area contributed by atoms with Crippen LogP contribution in [0.2, 0.25) is 0 Å². The van der Waals surface area contributed by atoms with Gasteiger partial charge in [-0.1, -0.05) is 59.5 Å². The minimum absolute atomic E-state index is 0.105. The van der Waals surface area contributed by atoms with Crippen LogP contribution in [0, 0.1) is 13.8 Å². The molecule has 0 radical (unpaired) electrons. The highest BCUT2D eigenvalue weighted by molar-refractivity contribution is 9.10. The van der Waals surface area contributed by atoms with Crippen LogP contribution in [0.15, 0.2) is 46.9 Å². The average molecular weight is 501 g/mol. The lowest BCUT2D eigenvalue weighted by Gasteiger charge is -2.31. The van der Waals surface area contributed by atoms with Crippen LogP contribution in [-0.2, 0) is 16.1 Å². The SMILES string of the molecule is Cc1cccc(OCC(=O)N(Cc2cccc(Br)c2)[C@H](C)C(=O)NC2CCCCC2)c1C. The van der Waals surface area contributed by atoms with Gasteiger partial charge in [-0.2, -0.15) is 0 Å². The van der Waals surface area contributed by atoms with Gasteiger partial charge in [0.15, 0.2) is 6.61 Å². The number of rotatable bonds is 8. The van der Waals surface area contributed by atoms with E-state index < -0.39 is 6.04 Å². The standard InChI is InChI=1S/C26H33BrN2O3/c1-18-9-7-14-24(19(18)2)32-17-25(30)29(16-21-10-8-11-22(27)15-21)20(3)26(31)28-23-12-5-4-6-13-23/h7-11,14-15,20,23H,4-6,12-13,16-17H2,1-3H3,(H,28,31)/t20-/m1/s1. The molecule has 3 rings (SSSR count). The van der Waals surface area contributed by atoms with Crippen molar-refractivity contribution < 1.29 is 14.3 Å². The Balaban J connectivity index is 1.73. The molecule has 1 fully saturated rings. The van der Waals surface area contributed by atoms with E-state index >= 15 is 0 Å². The van der Waals surface area contributed by atoms with Gasteiger partial charge < -0.3 is 15.0 Å². The van der Waals surface area contributed by atoms with Gasteiger partial charge in [0.1, 0.15) is 11.8 Å². The number of amides is 2. The molecule has 32 heavy (non-hydrogen) atoms. The molecule has 0 aromatic heterocycles. The molecule has 0 spiro atoms. The third-order valence-corrected chi connectivity index (χ3v) is 6.76. The van der Waals surface area contributed by atoms with Gasteiger partial charge in [-0.05, 0) is 68.5 Å². The van der Waals surface area contributed by atoms with Gasteiger partial charge >= 0.3 is 0 Å². The van der Waals surface area contributed by atoms with E-state index in [1.165, 1.54) is 6.42 Å². The summed E-state index contributed by atoms with van der Waals surface area (Å²) < 4.78 is 6.81. The molecule has 1 saturated carbocycles. The average Bonchev–Trinajstić information content (AvgIpc) is 2.78. The minimum Gasteiger partial charge on any atom is -0.483 e. The van der Waals surface area contributed by atoms with Gasteiger partial charge in [0.25, 0.3) is 5.91 Å². The van der Waals surface area contributed by atoms with Crippen molar-refractivity contribution in [3.8, 4) is 5.75 Å². The lowest BCUT2D eigenvalue weighted by atomic mass is 9.95. The lowest BCUT2D eigenvalue weighted by molar-refractivity contribution is -0.142. The van der Waals surface area contributed by atoms with E-state index in [9.17, 15) is 9.59 Å². The van der Waals surface area contributed by atoms with E-state index in [1.54, 1.807) is 11.8 Å². The highest BCUT2D eigenvalue weighted by Crippen LogP contribution is 2.22. The van der Waals surface area contributed by atoms with E-state index in [-0.39, 0.29) is 24.5 Å². The van der Waals surface area contributed by atoms with Crippen molar-refractivity contribution in [2.75, 3.05) is 6.61 Å². The third-order valence-electron chi connectivity index (χ3n) is 6.27. The maximum atomic E-state index is 13.2. The Morgan fingerprint density at radius 3 is 2.56 bits per heavy atom. The van der Waals surface area contributed by atoms with Gasteiger partial charge in [-0.3, -0.25) is 9.59 Å². The number of carbonyl (C=O) groups excluding carboxylic acids is 2. The number of benzene rings is 2. The summed E-state index contributed by atoms with van der Waals surface area (Å²) in [4.78, 5) is 27.9. The van der Waals surface area contributed by atoms with Crippen molar-refractivity contribution in [2.45, 2.75) is 71.5 Å². The Hall–Kier alpha value is -2.34. The molecular weight excluding hydrogens is 468 g/mol. The molecule has 172 valence electrons. The number of carbonyl (C=O) groups is 2. The molecule has 6 heteroatoms. The molecule has 0 saturated heterocycles. The second-order valence-electron chi connectivity index (χ2n) is 8.66. The van der Waals surface area contributed by atoms with Gasteiger partial charge in [-0.15, -0.1) is 0 Å². The van der Waals surface area contributed by atoms with Crippen LogP contribution in [0.5, 0.6) is 5.75 Å². The van der Waals surface area contributed by atoms with Gasteiger partial charge in [-0.25, -0.2) is 0 Å². The van der Waals surface area contributed by atoms with E-state index in [4.69, 9.17) is 4.74 Å². The maximum absolute atomic E-state index is 13.2. The fourth-order valence-electron chi connectivity index (χ4n) is 4.09. The summed E-state index contributed by atoms with van der Waals surface area (Å²) in [5, 5.41) is 3.16. The highest BCUT2D eigenvalue weighted by atomic mass is 79.9. The monoisotopic (exact) mass is 500 g/mol. The molecule has 0 bridgehead atoms. The van der Waals surface area contributed by atoms with Crippen LogP contribution in [-0.4, -0.2) is 35.4 Å². The molecule has 1 atom stereocenters. The van der Waals surface area contributed by atoms with Crippen molar-refractivity contribution in [1.82, 2.24) is 10.2 Å². The molecule has 0 aliphatic heterocycles. The number of nitrogens with zero attached hydrogens (tertiary/aromatic N) is 1. The van der Waals surface area contributed by atoms with Crippen molar-refractivity contribution in [3.05, 3.63) is 63.6 Å². The number of nitrogens with one attached hydrogen (secondary N) is 1. The molecule has 1 aliphatic carbocycles. The van der Waals surface area contributed by atoms with Crippen LogP contribution in [0.1, 0.15) is 55.7 Å². The molecule has 5 nitrogen and oxygen atoms in total. The second-order valence-corrected chi connectivity index (χ2v) is 9.57. The first-order valence-electron chi connectivity index (χ1n) is 11.4. The zero-order valence-corrected chi connectivity index (χ0v) is 20.8. The Kier molecular flexibility index (Phi) is 8.74. The van der Waals surface area contributed by atoms with Crippen molar-refractivity contribution in [3.63, 3.8) is 0 Å². The van der Waals surface area contributed by atoms with Crippen LogP contribution in [0.3, 0.4) is 0 Å². The molecule has 1 N–H and O–H groups in total. The van der Waals surface area contributed by atoms with E-state index in [0.29, 0.717) is 12.3 Å². The summed E-state index contributed by atoms with van der Waals surface area (Å²) in [7, 11) is 0. The lowest BCUT2D eigenvalue weighted by Crippen LogP contribution is -2.51. The predicted octanol–water partition coefficient (Wildman–Crippen LogP) is 5.31. The van der Waals surface area contributed by atoms with Crippen molar-refractivity contribution in [1.29, 1.82) is 0 Å². The zero-order chi connectivity index (χ0) is 23.1. The molecule has 2 amide bonds. The first kappa shape index (κ1) is 24.3. The van der Waals surface area contributed by atoms with Crippen molar-refractivity contribution >= 4 is 27.7 Å². The molecule has 0 unspecified atom stereocenters. The molecule has 1 aliphatic rings. The largest absolute Gasteiger partial charge is 0.483 e. The Morgan fingerprint density at radius 2 is 1.84 bits per heavy atom. The van der Waals surface area contributed by atoms with Crippen LogP contribution >= 0.6 is 15.9 Å². The number of hydrogen-bond acceptors (Lipinski definition) is 3. The molecule has 2 aromatic rings. The zero-order valence-electron chi connectivity index (χ0n) is 19.2. The first-order chi connectivity index (χ1) is 15.3. The topological polar surface area (TPSA) is 58.6 Å². The summed E-state index contributed by atoms with van der Waals surface area (Å²) in [6.45, 7) is 6.02. The second kappa shape index (κ2) is 11.5. The number of hydrogen-bond donors (Lipinski definition) is 1. The molecular formula is C26H33BrN2O3. The molecule has 0 heterocycles. The minimum atomic E-state index is -0.592. The van der Waals surface area contributed by atoms with Crippen LogP contribution < -0.4 is 10.1 Å². The summed E-state index contributed by atoms with van der Waals surface area (Å²) in [5.74, 6) is 0.379. The first-order valence-corrected chi connectivity index (χ1v) is 12.2. The fraction of sp³-hybridized carbons (Fsp3) is 0.462. The smallest absolute Gasteiger partial charge is 0.261 e. The summed E-state index contributed by atoms with van der Waals surface area (Å²) in [5.41, 5.74) is 3.08. The van der Waals surface area contributed by atoms with Gasteiger partial charge in [0.2, 0.25) is 5.91 Å². The number of halogens is 1. The van der Waals surface area contributed by atoms with Gasteiger partial charge in [0, 0.05) is 17.1 Å². The normalized spacial score (nSPS) is 15.1. The third kappa shape index (κ3) is 6.58. The number of aryl methyl sites for hydroxylation is 1. The number of ether oxygens (including phenoxy) is 1. The summed E-state index contributed by atoms with van der Waals surface area (Å²) >= 11 is 3.49.